The van der Waals surface area contributed by atoms with Gasteiger partial charge in [0.1, 0.15) is 0 Å². The number of ether oxygens (including phenoxy) is 1. The molecule has 0 bridgehead atoms. The molecular formula is C15H19N3O3. The average Bonchev–Trinajstić information content (AvgIpc) is 3.01. The van der Waals surface area contributed by atoms with Crippen LogP contribution in [0, 0.1) is 0 Å². The summed E-state index contributed by atoms with van der Waals surface area (Å²) in [5.74, 6) is 0.112. The van der Waals surface area contributed by atoms with Crippen molar-refractivity contribution in [3.63, 3.8) is 0 Å². The molecule has 2 saturated heterocycles. The van der Waals surface area contributed by atoms with Gasteiger partial charge in [-0.2, -0.15) is 0 Å². The molecule has 6 nitrogen and oxygen atoms in total. The van der Waals surface area contributed by atoms with Crippen molar-refractivity contribution < 1.29 is 14.3 Å². The quantitative estimate of drug-likeness (QED) is 0.835. The van der Waals surface area contributed by atoms with Gasteiger partial charge in [-0.1, -0.05) is 6.07 Å². The van der Waals surface area contributed by atoms with Gasteiger partial charge in [0.25, 0.3) is 0 Å². The van der Waals surface area contributed by atoms with Crippen molar-refractivity contribution in [2.24, 2.45) is 0 Å². The van der Waals surface area contributed by atoms with E-state index in [2.05, 4.69) is 4.98 Å². The van der Waals surface area contributed by atoms with E-state index < -0.39 is 5.60 Å². The maximum Gasteiger partial charge on any atom is 0.410 e. The Kier molecular flexibility index (Phi) is 3.53. The number of likely N-dealkylation sites (N-methyl/N-ethyl adjacent to an activating group) is 1. The van der Waals surface area contributed by atoms with Gasteiger partial charge < -0.3 is 14.5 Å². The van der Waals surface area contributed by atoms with Crippen LogP contribution in [-0.2, 0) is 16.0 Å². The number of carbonyl (C=O) groups is 2. The highest BCUT2D eigenvalue weighted by atomic mass is 16.6. The number of hydrogen-bond donors (Lipinski definition) is 0. The lowest BCUT2D eigenvalue weighted by Gasteiger charge is -2.21. The van der Waals surface area contributed by atoms with Gasteiger partial charge in [0.05, 0.1) is 13.1 Å². The molecule has 1 aromatic rings. The summed E-state index contributed by atoms with van der Waals surface area (Å²) in [4.78, 5) is 31.2. The number of aromatic nitrogens is 1. The summed E-state index contributed by atoms with van der Waals surface area (Å²) in [6.45, 7) is 1.74. The fraction of sp³-hybridized carbons (Fsp3) is 0.533. The van der Waals surface area contributed by atoms with E-state index in [-0.39, 0.29) is 12.0 Å². The van der Waals surface area contributed by atoms with Gasteiger partial charge in [-0.3, -0.25) is 9.78 Å². The van der Waals surface area contributed by atoms with Gasteiger partial charge >= 0.3 is 6.09 Å². The standard InChI is InChI=1S/C15H19N3O3/c1-17-10-15(21-14(17)20)6-8-18(11-15)13(19)5-4-12-3-2-7-16-9-12/h2-3,7,9H,4-6,8,10-11H2,1H3/t15-/m1/s1. The highest BCUT2D eigenvalue weighted by Gasteiger charge is 2.49. The number of rotatable bonds is 3. The summed E-state index contributed by atoms with van der Waals surface area (Å²) in [7, 11) is 1.73. The molecule has 3 heterocycles. The van der Waals surface area contributed by atoms with E-state index in [1.54, 1.807) is 24.3 Å². The lowest BCUT2D eigenvalue weighted by atomic mass is 10.0. The summed E-state index contributed by atoms with van der Waals surface area (Å²) in [5.41, 5.74) is 0.572. The molecule has 112 valence electrons. The summed E-state index contributed by atoms with van der Waals surface area (Å²) in [6, 6.07) is 3.85. The molecule has 2 aliphatic rings. The van der Waals surface area contributed by atoms with Gasteiger partial charge in [0, 0.05) is 38.8 Å². The number of nitrogens with zero attached hydrogens (tertiary/aromatic N) is 3. The minimum Gasteiger partial charge on any atom is -0.439 e. The van der Waals surface area contributed by atoms with Gasteiger partial charge in [-0.25, -0.2) is 4.79 Å². The van der Waals surface area contributed by atoms with Crippen LogP contribution in [0.1, 0.15) is 18.4 Å². The van der Waals surface area contributed by atoms with Gasteiger partial charge in [-0.15, -0.1) is 0 Å². The number of amides is 2. The van der Waals surface area contributed by atoms with Crippen molar-refractivity contribution in [2.75, 3.05) is 26.7 Å². The lowest BCUT2D eigenvalue weighted by Crippen LogP contribution is -2.39. The SMILES string of the molecule is CN1C[C@@]2(CCN(C(=O)CCc3cccnc3)C2)OC1=O. The molecule has 0 N–H and O–H groups in total. The Bertz CT molecular complexity index is 548. The molecule has 6 heteroatoms. The van der Waals surface area contributed by atoms with E-state index in [9.17, 15) is 9.59 Å². The zero-order valence-electron chi connectivity index (χ0n) is 12.1. The third kappa shape index (κ3) is 2.84. The molecule has 1 aromatic heterocycles. The highest BCUT2D eigenvalue weighted by molar-refractivity contribution is 5.77. The monoisotopic (exact) mass is 289 g/mol. The van der Waals surface area contributed by atoms with Crippen molar-refractivity contribution in [1.29, 1.82) is 0 Å². The van der Waals surface area contributed by atoms with Crippen molar-refractivity contribution in [3.05, 3.63) is 30.1 Å². The Morgan fingerprint density at radius 2 is 2.33 bits per heavy atom. The molecule has 0 unspecified atom stereocenters. The lowest BCUT2D eigenvalue weighted by molar-refractivity contribution is -0.130. The first-order valence-corrected chi connectivity index (χ1v) is 7.19. The van der Waals surface area contributed by atoms with Crippen LogP contribution >= 0.6 is 0 Å². The number of pyridine rings is 1. The van der Waals surface area contributed by atoms with Crippen LogP contribution in [0.5, 0.6) is 0 Å². The fourth-order valence-corrected chi connectivity index (χ4v) is 3.02. The second-order valence-corrected chi connectivity index (χ2v) is 5.83. The largest absolute Gasteiger partial charge is 0.439 e. The van der Waals surface area contributed by atoms with Crippen LogP contribution in [-0.4, -0.2) is 59.1 Å². The number of aryl methyl sites for hydroxylation is 1. The van der Waals surface area contributed by atoms with Gasteiger partial charge in [0.2, 0.25) is 5.91 Å². The summed E-state index contributed by atoms with van der Waals surface area (Å²) in [5, 5.41) is 0. The van der Waals surface area contributed by atoms with Crippen molar-refractivity contribution >= 4 is 12.0 Å². The van der Waals surface area contributed by atoms with Crippen molar-refractivity contribution in [3.8, 4) is 0 Å². The second-order valence-electron chi connectivity index (χ2n) is 5.83. The molecule has 2 fully saturated rings. The first kappa shape index (κ1) is 13.9. The van der Waals surface area contributed by atoms with Crippen molar-refractivity contribution in [2.45, 2.75) is 24.9 Å². The molecule has 1 atom stereocenters. The smallest absolute Gasteiger partial charge is 0.410 e. The molecule has 1 spiro atoms. The molecule has 0 saturated carbocycles. The van der Waals surface area contributed by atoms with E-state index >= 15 is 0 Å². The Hall–Kier alpha value is -2.11. The van der Waals surface area contributed by atoms with E-state index in [1.807, 2.05) is 17.0 Å². The van der Waals surface area contributed by atoms with Crippen LogP contribution in [0.2, 0.25) is 0 Å². The molecule has 2 amide bonds. The average molecular weight is 289 g/mol. The van der Waals surface area contributed by atoms with E-state index in [0.717, 1.165) is 12.0 Å². The van der Waals surface area contributed by atoms with Crippen LogP contribution in [0.15, 0.2) is 24.5 Å². The van der Waals surface area contributed by atoms with Crippen LogP contribution in [0.4, 0.5) is 4.79 Å². The summed E-state index contributed by atoms with van der Waals surface area (Å²) in [6.07, 6.45) is 5.09. The molecule has 2 aliphatic heterocycles. The predicted molar refractivity (Wildman–Crippen MR) is 75.6 cm³/mol. The first-order chi connectivity index (χ1) is 10.1. The van der Waals surface area contributed by atoms with Crippen molar-refractivity contribution in [1.82, 2.24) is 14.8 Å². The third-order valence-electron chi connectivity index (χ3n) is 4.16. The molecule has 3 rings (SSSR count). The van der Waals surface area contributed by atoms with E-state index in [0.29, 0.717) is 32.5 Å². The molecule has 0 radical (unpaired) electrons. The maximum atomic E-state index is 12.3. The Morgan fingerprint density at radius 1 is 1.48 bits per heavy atom. The summed E-state index contributed by atoms with van der Waals surface area (Å²) >= 11 is 0. The van der Waals surface area contributed by atoms with E-state index in [1.165, 1.54) is 0 Å². The zero-order valence-corrected chi connectivity index (χ0v) is 12.1. The minimum absolute atomic E-state index is 0.112. The second kappa shape index (κ2) is 5.35. The van der Waals surface area contributed by atoms with Crippen LogP contribution < -0.4 is 0 Å². The molecule has 21 heavy (non-hydrogen) atoms. The zero-order chi connectivity index (χ0) is 14.9. The fourth-order valence-electron chi connectivity index (χ4n) is 3.02. The molecule has 0 aliphatic carbocycles. The number of likely N-dealkylation sites (tertiary alicyclic amines) is 1. The van der Waals surface area contributed by atoms with Gasteiger partial charge in [0.15, 0.2) is 5.60 Å². The number of carbonyl (C=O) groups excluding carboxylic acids is 2. The van der Waals surface area contributed by atoms with E-state index in [4.69, 9.17) is 4.74 Å². The predicted octanol–water partition coefficient (Wildman–Crippen LogP) is 1.07. The minimum atomic E-state index is -0.490. The molecular weight excluding hydrogens is 270 g/mol. The third-order valence-corrected chi connectivity index (χ3v) is 4.16. The Morgan fingerprint density at radius 3 is 3.00 bits per heavy atom. The Balaban J connectivity index is 1.54. The first-order valence-electron chi connectivity index (χ1n) is 7.19. The molecule has 0 aromatic carbocycles. The van der Waals surface area contributed by atoms with Crippen LogP contribution in [0.25, 0.3) is 0 Å². The maximum absolute atomic E-state index is 12.3. The normalized spacial score (nSPS) is 24.7. The Labute approximate surface area is 123 Å². The van der Waals surface area contributed by atoms with Gasteiger partial charge in [-0.05, 0) is 18.1 Å². The number of hydrogen-bond acceptors (Lipinski definition) is 4. The van der Waals surface area contributed by atoms with Crippen LogP contribution in [0.3, 0.4) is 0 Å². The topological polar surface area (TPSA) is 62.7 Å². The highest BCUT2D eigenvalue weighted by Crippen LogP contribution is 2.32. The summed E-state index contributed by atoms with van der Waals surface area (Å²) < 4.78 is 5.45.